The Labute approximate surface area is 161 Å². The van der Waals surface area contributed by atoms with Gasteiger partial charge in [-0.25, -0.2) is 0 Å². The van der Waals surface area contributed by atoms with E-state index < -0.39 is 0 Å². The number of carbonyl (C=O) groups is 2. The van der Waals surface area contributed by atoms with Gasteiger partial charge >= 0.3 is 5.97 Å². The van der Waals surface area contributed by atoms with E-state index in [1.807, 2.05) is 23.6 Å². The first-order valence-electron chi connectivity index (χ1n) is 9.65. The van der Waals surface area contributed by atoms with E-state index in [1.54, 1.807) is 25.1 Å². The zero-order valence-electron chi connectivity index (χ0n) is 16.5. The molecule has 0 aliphatic carbocycles. The number of benzene rings is 1. The summed E-state index contributed by atoms with van der Waals surface area (Å²) in [6, 6.07) is 5.31. The van der Waals surface area contributed by atoms with Gasteiger partial charge in [-0.15, -0.1) is 0 Å². The van der Waals surface area contributed by atoms with E-state index in [0.29, 0.717) is 56.5 Å². The number of hydrogen-bond donors (Lipinski definition) is 0. The van der Waals surface area contributed by atoms with Crippen LogP contribution in [0.25, 0.3) is 0 Å². The third kappa shape index (κ3) is 6.13. The molecule has 0 radical (unpaired) electrons. The highest BCUT2D eigenvalue weighted by molar-refractivity contribution is 5.95. The minimum absolute atomic E-state index is 0.0306. The van der Waals surface area contributed by atoms with Crippen LogP contribution in [0.5, 0.6) is 11.5 Å². The van der Waals surface area contributed by atoms with E-state index in [0.717, 1.165) is 13.0 Å². The second-order valence-corrected chi connectivity index (χ2v) is 6.25. The zero-order valence-corrected chi connectivity index (χ0v) is 16.5. The van der Waals surface area contributed by atoms with Gasteiger partial charge < -0.3 is 19.1 Å². The first-order valence-corrected chi connectivity index (χ1v) is 9.65. The monoisotopic (exact) mass is 378 g/mol. The van der Waals surface area contributed by atoms with Crippen LogP contribution in [0, 0.1) is 0 Å². The van der Waals surface area contributed by atoms with E-state index in [2.05, 4.69) is 0 Å². The first-order chi connectivity index (χ1) is 13.1. The zero-order chi connectivity index (χ0) is 19.6. The summed E-state index contributed by atoms with van der Waals surface area (Å²) in [5.74, 6) is 0.985. The molecule has 27 heavy (non-hydrogen) atoms. The molecule has 0 unspecified atom stereocenters. The van der Waals surface area contributed by atoms with Gasteiger partial charge in [0.05, 0.1) is 26.4 Å². The highest BCUT2D eigenvalue weighted by Crippen LogP contribution is 2.29. The maximum Gasteiger partial charge on any atom is 0.320 e. The van der Waals surface area contributed by atoms with Gasteiger partial charge in [0.2, 0.25) is 0 Å². The van der Waals surface area contributed by atoms with Crippen molar-refractivity contribution in [3.8, 4) is 11.5 Å². The van der Waals surface area contributed by atoms with Crippen LogP contribution in [-0.4, -0.2) is 74.2 Å². The standard InChI is InChI=1S/C20H30N2O5/c1-4-25-17-9-8-16(14-18(17)26-5-2)20(24)22-11-7-10-21(12-13-22)15-19(23)27-6-3/h8-9,14H,4-7,10-13,15H2,1-3H3. The predicted molar refractivity (Wildman–Crippen MR) is 102 cm³/mol. The first kappa shape index (κ1) is 21.0. The number of amides is 1. The molecule has 1 aromatic rings. The van der Waals surface area contributed by atoms with Gasteiger partial charge in [-0.05, 0) is 45.4 Å². The third-order valence-corrected chi connectivity index (χ3v) is 4.32. The van der Waals surface area contributed by atoms with E-state index in [1.165, 1.54) is 0 Å². The molecule has 0 atom stereocenters. The molecule has 1 heterocycles. The van der Waals surface area contributed by atoms with Gasteiger partial charge in [0, 0.05) is 31.7 Å². The lowest BCUT2D eigenvalue weighted by Crippen LogP contribution is -2.37. The molecule has 1 fully saturated rings. The van der Waals surface area contributed by atoms with Crippen molar-refractivity contribution in [2.75, 3.05) is 52.5 Å². The average Bonchev–Trinajstić information content (AvgIpc) is 2.88. The molecule has 0 aromatic heterocycles. The second-order valence-electron chi connectivity index (χ2n) is 6.25. The van der Waals surface area contributed by atoms with Crippen molar-refractivity contribution in [3.05, 3.63) is 23.8 Å². The van der Waals surface area contributed by atoms with Crippen LogP contribution in [0.1, 0.15) is 37.6 Å². The maximum atomic E-state index is 12.9. The molecule has 1 amide bonds. The number of carbonyl (C=O) groups excluding carboxylic acids is 2. The molecule has 2 rings (SSSR count). The molecule has 0 saturated carbocycles. The van der Waals surface area contributed by atoms with Crippen LogP contribution in [0.2, 0.25) is 0 Å². The number of esters is 1. The summed E-state index contributed by atoms with van der Waals surface area (Å²) in [6.07, 6.45) is 0.820. The Bertz CT molecular complexity index is 635. The number of hydrogen-bond acceptors (Lipinski definition) is 6. The van der Waals surface area contributed by atoms with Crippen LogP contribution in [-0.2, 0) is 9.53 Å². The van der Waals surface area contributed by atoms with Gasteiger partial charge in [0.15, 0.2) is 11.5 Å². The molecule has 7 heteroatoms. The molecule has 1 aliphatic heterocycles. The van der Waals surface area contributed by atoms with E-state index in [9.17, 15) is 9.59 Å². The largest absolute Gasteiger partial charge is 0.490 e. The summed E-state index contributed by atoms with van der Waals surface area (Å²) in [4.78, 5) is 28.5. The lowest BCUT2D eigenvalue weighted by atomic mass is 10.1. The Kier molecular flexibility index (Phi) is 8.39. The SMILES string of the molecule is CCOC(=O)CN1CCCN(C(=O)c2ccc(OCC)c(OCC)c2)CC1. The molecular formula is C20H30N2O5. The fraction of sp³-hybridized carbons (Fsp3) is 0.600. The molecule has 150 valence electrons. The summed E-state index contributed by atoms with van der Waals surface area (Å²) in [5.41, 5.74) is 0.584. The normalized spacial score (nSPS) is 15.1. The van der Waals surface area contributed by atoms with Crippen molar-refractivity contribution in [3.63, 3.8) is 0 Å². The van der Waals surface area contributed by atoms with E-state index in [4.69, 9.17) is 14.2 Å². The summed E-state index contributed by atoms with van der Waals surface area (Å²) in [7, 11) is 0. The summed E-state index contributed by atoms with van der Waals surface area (Å²) in [5, 5.41) is 0. The topological polar surface area (TPSA) is 68.3 Å². The summed E-state index contributed by atoms with van der Waals surface area (Å²) >= 11 is 0. The van der Waals surface area contributed by atoms with Crippen molar-refractivity contribution < 1.29 is 23.8 Å². The summed E-state index contributed by atoms with van der Waals surface area (Å²) in [6.45, 7) is 9.98. The van der Waals surface area contributed by atoms with Gasteiger partial charge in [0.25, 0.3) is 5.91 Å². The van der Waals surface area contributed by atoms with Crippen molar-refractivity contribution in [2.45, 2.75) is 27.2 Å². The Balaban J connectivity index is 2.02. The van der Waals surface area contributed by atoms with Crippen molar-refractivity contribution in [1.82, 2.24) is 9.80 Å². The third-order valence-electron chi connectivity index (χ3n) is 4.32. The number of ether oxygens (including phenoxy) is 3. The fourth-order valence-corrected chi connectivity index (χ4v) is 3.09. The molecule has 7 nitrogen and oxygen atoms in total. The molecule has 1 aromatic carbocycles. The fourth-order valence-electron chi connectivity index (χ4n) is 3.09. The Morgan fingerprint density at radius 3 is 2.37 bits per heavy atom. The van der Waals surface area contributed by atoms with Gasteiger partial charge in [-0.1, -0.05) is 0 Å². The maximum absolute atomic E-state index is 12.9. The predicted octanol–water partition coefficient (Wildman–Crippen LogP) is 2.19. The van der Waals surface area contributed by atoms with Gasteiger partial charge in [-0.3, -0.25) is 14.5 Å². The van der Waals surface area contributed by atoms with Gasteiger partial charge in [-0.2, -0.15) is 0 Å². The molecule has 0 N–H and O–H groups in total. The van der Waals surface area contributed by atoms with Crippen LogP contribution in [0.15, 0.2) is 18.2 Å². The Morgan fingerprint density at radius 1 is 0.926 bits per heavy atom. The smallest absolute Gasteiger partial charge is 0.320 e. The molecule has 1 aliphatic rings. The Hall–Kier alpha value is -2.28. The van der Waals surface area contributed by atoms with Crippen LogP contribution in [0.3, 0.4) is 0 Å². The van der Waals surface area contributed by atoms with Crippen molar-refractivity contribution in [2.24, 2.45) is 0 Å². The van der Waals surface area contributed by atoms with Crippen molar-refractivity contribution >= 4 is 11.9 Å². The molecule has 0 bridgehead atoms. The van der Waals surface area contributed by atoms with E-state index in [-0.39, 0.29) is 18.4 Å². The van der Waals surface area contributed by atoms with E-state index >= 15 is 0 Å². The number of nitrogens with zero attached hydrogens (tertiary/aromatic N) is 2. The van der Waals surface area contributed by atoms with Gasteiger partial charge in [0.1, 0.15) is 0 Å². The molecular weight excluding hydrogens is 348 g/mol. The Morgan fingerprint density at radius 2 is 1.67 bits per heavy atom. The minimum atomic E-state index is -0.217. The minimum Gasteiger partial charge on any atom is -0.490 e. The summed E-state index contributed by atoms with van der Waals surface area (Å²) < 4.78 is 16.2. The molecule has 0 spiro atoms. The van der Waals surface area contributed by atoms with Crippen LogP contribution >= 0.6 is 0 Å². The quantitative estimate of drug-likeness (QED) is 0.646. The average molecular weight is 378 g/mol. The lowest BCUT2D eigenvalue weighted by Gasteiger charge is -2.22. The lowest BCUT2D eigenvalue weighted by molar-refractivity contribution is -0.144. The molecule has 1 saturated heterocycles. The highest BCUT2D eigenvalue weighted by Gasteiger charge is 2.22. The highest BCUT2D eigenvalue weighted by atomic mass is 16.5. The van der Waals surface area contributed by atoms with Crippen LogP contribution < -0.4 is 9.47 Å². The van der Waals surface area contributed by atoms with Crippen molar-refractivity contribution in [1.29, 1.82) is 0 Å². The number of rotatable bonds is 8. The van der Waals surface area contributed by atoms with Crippen LogP contribution in [0.4, 0.5) is 0 Å². The second kappa shape index (κ2) is 10.8.